The van der Waals surface area contributed by atoms with Crippen LogP contribution in [0.4, 0.5) is 0 Å². The number of hydrogen-bond acceptors (Lipinski definition) is 5. The summed E-state index contributed by atoms with van der Waals surface area (Å²) in [5, 5.41) is 12.4. The van der Waals surface area contributed by atoms with Crippen molar-refractivity contribution in [3.63, 3.8) is 0 Å². The van der Waals surface area contributed by atoms with Gasteiger partial charge in [0.05, 0.1) is 25.9 Å². The standard InChI is InChI=1S/C13H11NO5/c1-17-11-3-8-6-18-5-7(8)2-9(11)12-4-10(13(15)16)14-19-12/h2-4H,5-6H2,1H3,(H,15,16). The van der Waals surface area contributed by atoms with Gasteiger partial charge in [0, 0.05) is 6.07 Å². The molecule has 6 heteroatoms. The molecule has 2 heterocycles. The molecule has 1 aromatic carbocycles. The zero-order chi connectivity index (χ0) is 13.4. The van der Waals surface area contributed by atoms with Crippen LogP contribution in [0.15, 0.2) is 22.7 Å². The van der Waals surface area contributed by atoms with E-state index in [1.807, 2.05) is 12.1 Å². The molecule has 19 heavy (non-hydrogen) atoms. The van der Waals surface area contributed by atoms with Gasteiger partial charge in [0.2, 0.25) is 0 Å². The summed E-state index contributed by atoms with van der Waals surface area (Å²) in [4.78, 5) is 10.8. The van der Waals surface area contributed by atoms with Crippen LogP contribution in [0, 0.1) is 0 Å². The Morgan fingerprint density at radius 1 is 1.32 bits per heavy atom. The number of hydrogen-bond donors (Lipinski definition) is 1. The van der Waals surface area contributed by atoms with Gasteiger partial charge in [-0.1, -0.05) is 5.16 Å². The Bertz CT molecular complexity index is 646. The molecule has 3 rings (SSSR count). The number of carbonyl (C=O) groups is 1. The fourth-order valence-corrected chi connectivity index (χ4v) is 2.07. The van der Waals surface area contributed by atoms with E-state index in [4.69, 9.17) is 19.1 Å². The highest BCUT2D eigenvalue weighted by atomic mass is 16.5. The molecule has 1 N–H and O–H groups in total. The van der Waals surface area contributed by atoms with E-state index in [0.717, 1.165) is 11.1 Å². The van der Waals surface area contributed by atoms with Crippen molar-refractivity contribution in [1.29, 1.82) is 0 Å². The summed E-state index contributed by atoms with van der Waals surface area (Å²) in [6, 6.07) is 5.14. The van der Waals surface area contributed by atoms with Crippen LogP contribution < -0.4 is 4.74 Å². The van der Waals surface area contributed by atoms with Crippen molar-refractivity contribution in [2.24, 2.45) is 0 Å². The number of ether oxygens (including phenoxy) is 2. The number of aromatic carboxylic acids is 1. The second-order valence-corrected chi connectivity index (χ2v) is 4.20. The molecule has 6 nitrogen and oxygen atoms in total. The number of nitrogens with zero attached hydrogens (tertiary/aromatic N) is 1. The van der Waals surface area contributed by atoms with Crippen LogP contribution >= 0.6 is 0 Å². The highest BCUT2D eigenvalue weighted by Gasteiger charge is 2.20. The molecule has 0 spiro atoms. The lowest BCUT2D eigenvalue weighted by Crippen LogP contribution is -1.94. The Balaban J connectivity index is 2.10. The van der Waals surface area contributed by atoms with Crippen LogP contribution in [0.2, 0.25) is 0 Å². The van der Waals surface area contributed by atoms with Gasteiger partial charge < -0.3 is 19.1 Å². The molecule has 0 amide bonds. The smallest absolute Gasteiger partial charge is 0.358 e. The highest BCUT2D eigenvalue weighted by Crippen LogP contribution is 2.35. The van der Waals surface area contributed by atoms with Crippen LogP contribution in [0.3, 0.4) is 0 Å². The van der Waals surface area contributed by atoms with Gasteiger partial charge in [0.25, 0.3) is 0 Å². The first-order valence-electron chi connectivity index (χ1n) is 5.67. The van der Waals surface area contributed by atoms with Gasteiger partial charge in [0.1, 0.15) is 5.75 Å². The van der Waals surface area contributed by atoms with E-state index in [9.17, 15) is 4.79 Å². The first kappa shape index (κ1) is 11.7. The third kappa shape index (κ3) is 1.96. The maximum Gasteiger partial charge on any atom is 0.358 e. The molecule has 0 aliphatic carbocycles. The second-order valence-electron chi connectivity index (χ2n) is 4.20. The van der Waals surface area contributed by atoms with Crippen molar-refractivity contribution in [2.45, 2.75) is 13.2 Å². The topological polar surface area (TPSA) is 81.8 Å². The quantitative estimate of drug-likeness (QED) is 0.910. The van der Waals surface area contributed by atoms with Crippen molar-refractivity contribution >= 4 is 5.97 Å². The summed E-state index contributed by atoms with van der Waals surface area (Å²) < 4.78 is 15.7. The normalized spacial score (nSPS) is 13.3. The Kier molecular flexibility index (Phi) is 2.72. The largest absolute Gasteiger partial charge is 0.496 e. The third-order valence-corrected chi connectivity index (χ3v) is 3.03. The van der Waals surface area contributed by atoms with Crippen molar-refractivity contribution in [3.8, 4) is 17.1 Å². The van der Waals surface area contributed by atoms with Crippen molar-refractivity contribution in [1.82, 2.24) is 5.16 Å². The van der Waals surface area contributed by atoms with Crippen LogP contribution in [0.1, 0.15) is 21.6 Å². The number of carboxylic acids is 1. The minimum Gasteiger partial charge on any atom is -0.496 e. The zero-order valence-corrected chi connectivity index (χ0v) is 10.2. The van der Waals surface area contributed by atoms with E-state index in [0.29, 0.717) is 30.3 Å². The van der Waals surface area contributed by atoms with E-state index >= 15 is 0 Å². The molecule has 0 atom stereocenters. The number of fused-ring (bicyclic) bond motifs is 1. The van der Waals surface area contributed by atoms with Crippen LogP contribution in [-0.4, -0.2) is 23.3 Å². The lowest BCUT2D eigenvalue weighted by molar-refractivity contribution is 0.0686. The van der Waals surface area contributed by atoms with Crippen LogP contribution in [0.25, 0.3) is 11.3 Å². The maximum absolute atomic E-state index is 10.8. The Hall–Kier alpha value is -2.34. The Morgan fingerprint density at radius 2 is 2.05 bits per heavy atom. The van der Waals surface area contributed by atoms with Gasteiger partial charge in [-0.05, 0) is 23.3 Å². The SMILES string of the molecule is COc1cc2c(cc1-c1cc(C(=O)O)no1)COC2. The van der Waals surface area contributed by atoms with Gasteiger partial charge in [-0.3, -0.25) is 0 Å². The summed E-state index contributed by atoms with van der Waals surface area (Å²) in [5.41, 5.74) is 2.66. The number of methoxy groups -OCH3 is 1. The Labute approximate surface area is 108 Å². The Morgan fingerprint density at radius 3 is 2.68 bits per heavy atom. The first-order valence-corrected chi connectivity index (χ1v) is 5.67. The lowest BCUT2D eigenvalue weighted by Gasteiger charge is -2.08. The molecular formula is C13H11NO5. The summed E-state index contributed by atoms with van der Waals surface area (Å²) >= 11 is 0. The molecule has 0 fully saturated rings. The van der Waals surface area contributed by atoms with Gasteiger partial charge in [-0.15, -0.1) is 0 Å². The first-order chi connectivity index (χ1) is 9.19. The monoisotopic (exact) mass is 261 g/mol. The highest BCUT2D eigenvalue weighted by molar-refractivity contribution is 5.86. The van der Waals surface area contributed by atoms with E-state index in [2.05, 4.69) is 5.16 Å². The number of rotatable bonds is 3. The summed E-state index contributed by atoms with van der Waals surface area (Å²) in [7, 11) is 1.55. The van der Waals surface area contributed by atoms with Crippen LogP contribution in [0.5, 0.6) is 5.75 Å². The van der Waals surface area contributed by atoms with Gasteiger partial charge in [0.15, 0.2) is 11.5 Å². The minimum absolute atomic E-state index is 0.131. The molecule has 0 bridgehead atoms. The fourth-order valence-electron chi connectivity index (χ4n) is 2.07. The number of carboxylic acid groups (broad SMARTS) is 1. The van der Waals surface area contributed by atoms with Crippen LogP contribution in [-0.2, 0) is 18.0 Å². The molecular weight excluding hydrogens is 250 g/mol. The minimum atomic E-state index is -1.13. The molecule has 0 radical (unpaired) electrons. The zero-order valence-electron chi connectivity index (χ0n) is 10.2. The summed E-state index contributed by atoms with van der Waals surface area (Å²) in [6.45, 7) is 1.09. The van der Waals surface area contributed by atoms with E-state index in [1.165, 1.54) is 6.07 Å². The molecule has 98 valence electrons. The average Bonchev–Trinajstić information content (AvgIpc) is 3.05. The number of aromatic nitrogens is 1. The van der Waals surface area contributed by atoms with Gasteiger partial charge in [-0.25, -0.2) is 4.79 Å². The molecule has 2 aromatic rings. The maximum atomic E-state index is 10.8. The molecule has 1 aliphatic rings. The molecule has 1 aromatic heterocycles. The van der Waals surface area contributed by atoms with E-state index in [1.54, 1.807) is 7.11 Å². The fraction of sp³-hybridized carbons (Fsp3) is 0.231. The predicted octanol–water partition coefficient (Wildman–Crippen LogP) is 2.08. The third-order valence-electron chi connectivity index (χ3n) is 3.03. The summed E-state index contributed by atoms with van der Waals surface area (Å²) in [6.07, 6.45) is 0. The predicted molar refractivity (Wildman–Crippen MR) is 63.9 cm³/mol. The molecule has 0 unspecified atom stereocenters. The number of benzene rings is 1. The second kappa shape index (κ2) is 4.40. The van der Waals surface area contributed by atoms with Crippen molar-refractivity contribution in [3.05, 3.63) is 35.0 Å². The van der Waals surface area contributed by atoms with Crippen molar-refractivity contribution in [2.75, 3.05) is 7.11 Å². The molecule has 1 aliphatic heterocycles. The summed E-state index contributed by atoms with van der Waals surface area (Å²) in [5.74, 6) is -0.153. The molecule has 0 saturated heterocycles. The van der Waals surface area contributed by atoms with E-state index < -0.39 is 5.97 Å². The average molecular weight is 261 g/mol. The lowest BCUT2D eigenvalue weighted by atomic mass is 10.0. The molecule has 0 saturated carbocycles. The van der Waals surface area contributed by atoms with Crippen molar-refractivity contribution < 1.29 is 23.9 Å². The van der Waals surface area contributed by atoms with Gasteiger partial charge in [-0.2, -0.15) is 0 Å². The van der Waals surface area contributed by atoms with E-state index in [-0.39, 0.29) is 5.69 Å². The van der Waals surface area contributed by atoms with Gasteiger partial charge >= 0.3 is 5.97 Å².